The number of aromatic nitrogens is 2. The molecular weight excluding hydrogens is 673 g/mol. The first-order valence-electron chi connectivity index (χ1n) is 19.3. The van der Waals surface area contributed by atoms with Crippen LogP contribution in [-0.2, 0) is 0 Å². The third-order valence-electron chi connectivity index (χ3n) is 11.9. The Kier molecular flexibility index (Phi) is 8.46. The fourth-order valence-electron chi connectivity index (χ4n) is 8.59. The number of ether oxygens (including phenoxy) is 1. The molecule has 8 aromatic rings. The summed E-state index contributed by atoms with van der Waals surface area (Å²) in [6, 6.07) is 45.2. The van der Waals surface area contributed by atoms with Gasteiger partial charge in [-0.05, 0) is 140 Å². The highest BCUT2D eigenvalue weighted by molar-refractivity contribution is 6.09. The van der Waals surface area contributed by atoms with E-state index in [4.69, 9.17) is 9.72 Å². The van der Waals surface area contributed by atoms with Crippen molar-refractivity contribution in [2.45, 2.75) is 54.4 Å². The molecule has 55 heavy (non-hydrogen) atoms. The maximum absolute atomic E-state index is 6.72. The van der Waals surface area contributed by atoms with Gasteiger partial charge in [-0.3, -0.25) is 4.57 Å². The Balaban J connectivity index is 1.09. The fourth-order valence-corrected chi connectivity index (χ4v) is 8.59. The Morgan fingerprint density at radius 2 is 1.22 bits per heavy atom. The van der Waals surface area contributed by atoms with E-state index in [-0.39, 0.29) is 0 Å². The van der Waals surface area contributed by atoms with E-state index in [9.17, 15) is 0 Å². The Morgan fingerprint density at radius 3 is 2.00 bits per heavy atom. The second-order valence-electron chi connectivity index (χ2n) is 15.2. The van der Waals surface area contributed by atoms with Crippen LogP contribution in [0.15, 0.2) is 134 Å². The van der Waals surface area contributed by atoms with Crippen LogP contribution in [0.4, 0.5) is 22.7 Å². The summed E-state index contributed by atoms with van der Waals surface area (Å²) >= 11 is 0. The van der Waals surface area contributed by atoms with Gasteiger partial charge >= 0.3 is 0 Å². The number of pyridine rings is 1. The van der Waals surface area contributed by atoms with Crippen LogP contribution in [0, 0.1) is 34.6 Å². The highest BCUT2D eigenvalue weighted by Crippen LogP contribution is 2.48. The monoisotopic (exact) mass is 718 g/mol. The topological polar surface area (TPSA) is 33.5 Å². The van der Waals surface area contributed by atoms with Gasteiger partial charge in [0.05, 0.1) is 22.4 Å². The quantitative estimate of drug-likeness (QED) is 0.164. The van der Waals surface area contributed by atoms with Crippen LogP contribution in [0.25, 0.3) is 38.8 Å². The zero-order valence-corrected chi connectivity index (χ0v) is 32.7. The van der Waals surface area contributed by atoms with E-state index in [1.807, 2.05) is 12.3 Å². The SMILES string of the molecule is Cc1c(C)c(C)c(N2CN(c3cccc(Oc4ccc5c6ccccc6n(-c6cc(-c7ccccc7C(C)C)ccn6)c5c4)c3)c3ccccc32)c(C)c1C. The third-order valence-corrected chi connectivity index (χ3v) is 11.9. The molecule has 5 heteroatoms. The molecule has 0 saturated carbocycles. The van der Waals surface area contributed by atoms with E-state index < -0.39 is 0 Å². The normalized spacial score (nSPS) is 12.7. The summed E-state index contributed by atoms with van der Waals surface area (Å²) in [5.74, 6) is 2.85. The van der Waals surface area contributed by atoms with E-state index in [1.165, 1.54) is 61.4 Å². The first kappa shape index (κ1) is 34.4. The van der Waals surface area contributed by atoms with E-state index in [0.717, 1.165) is 45.0 Å². The van der Waals surface area contributed by atoms with Gasteiger partial charge in [0.15, 0.2) is 0 Å². The van der Waals surface area contributed by atoms with E-state index in [1.54, 1.807) is 0 Å². The van der Waals surface area contributed by atoms with Gasteiger partial charge in [-0.15, -0.1) is 0 Å². The molecule has 0 N–H and O–H groups in total. The van der Waals surface area contributed by atoms with Gasteiger partial charge in [-0.25, -0.2) is 4.98 Å². The van der Waals surface area contributed by atoms with Crippen LogP contribution in [0.1, 0.15) is 53.1 Å². The number of hydrogen-bond donors (Lipinski definition) is 0. The van der Waals surface area contributed by atoms with Gasteiger partial charge in [0.2, 0.25) is 0 Å². The molecule has 272 valence electrons. The molecule has 0 fully saturated rings. The molecule has 0 bridgehead atoms. The largest absolute Gasteiger partial charge is 0.457 e. The van der Waals surface area contributed by atoms with Crippen molar-refractivity contribution < 1.29 is 4.74 Å². The molecule has 0 aliphatic carbocycles. The van der Waals surface area contributed by atoms with Crippen molar-refractivity contribution in [3.8, 4) is 28.4 Å². The molecule has 1 aliphatic rings. The van der Waals surface area contributed by atoms with Gasteiger partial charge in [0.1, 0.15) is 24.0 Å². The van der Waals surface area contributed by atoms with Crippen molar-refractivity contribution in [2.75, 3.05) is 16.5 Å². The Hall–Kier alpha value is -6.33. The predicted octanol–water partition coefficient (Wildman–Crippen LogP) is 13.6. The maximum Gasteiger partial charge on any atom is 0.138 e. The molecule has 0 spiro atoms. The van der Waals surface area contributed by atoms with E-state index in [0.29, 0.717) is 12.6 Å². The minimum Gasteiger partial charge on any atom is -0.457 e. The fraction of sp³-hybridized carbons (Fsp3) is 0.180. The van der Waals surface area contributed by atoms with Crippen LogP contribution >= 0.6 is 0 Å². The van der Waals surface area contributed by atoms with Crippen molar-refractivity contribution in [3.05, 3.63) is 167 Å². The molecule has 2 aromatic heterocycles. The summed E-state index contributed by atoms with van der Waals surface area (Å²) in [5, 5.41) is 2.34. The second kappa shape index (κ2) is 13.5. The van der Waals surface area contributed by atoms with Crippen LogP contribution < -0.4 is 14.5 Å². The van der Waals surface area contributed by atoms with Crippen LogP contribution in [-0.4, -0.2) is 16.2 Å². The van der Waals surface area contributed by atoms with E-state index >= 15 is 0 Å². The minimum atomic E-state index is 0.411. The molecular formula is C50H46N4O. The number of fused-ring (bicyclic) bond motifs is 4. The van der Waals surface area contributed by atoms with Gasteiger partial charge in [0, 0.05) is 40.5 Å². The Bertz CT molecular complexity index is 2750. The molecule has 0 radical (unpaired) electrons. The molecule has 0 saturated heterocycles. The van der Waals surface area contributed by atoms with E-state index in [2.05, 4.69) is 184 Å². The lowest BCUT2D eigenvalue weighted by Gasteiger charge is -2.28. The smallest absolute Gasteiger partial charge is 0.138 e. The molecule has 6 aromatic carbocycles. The molecule has 3 heterocycles. The van der Waals surface area contributed by atoms with Gasteiger partial charge < -0.3 is 14.5 Å². The van der Waals surface area contributed by atoms with Crippen molar-refractivity contribution in [3.63, 3.8) is 0 Å². The summed E-state index contributed by atoms with van der Waals surface area (Å²) in [4.78, 5) is 9.80. The van der Waals surface area contributed by atoms with Crippen molar-refractivity contribution >= 4 is 44.6 Å². The lowest BCUT2D eigenvalue weighted by atomic mass is 9.92. The van der Waals surface area contributed by atoms with Crippen LogP contribution in [0.5, 0.6) is 11.5 Å². The number of anilines is 4. The molecule has 5 nitrogen and oxygen atoms in total. The summed E-state index contributed by atoms with van der Waals surface area (Å²) in [6.07, 6.45) is 1.93. The van der Waals surface area contributed by atoms with Crippen molar-refractivity contribution in [2.24, 2.45) is 0 Å². The number of benzene rings is 6. The lowest BCUT2D eigenvalue weighted by Crippen LogP contribution is -2.25. The lowest BCUT2D eigenvalue weighted by molar-refractivity contribution is 0.483. The third kappa shape index (κ3) is 5.74. The van der Waals surface area contributed by atoms with Gasteiger partial charge in [-0.1, -0.05) is 74.5 Å². The molecule has 0 atom stereocenters. The van der Waals surface area contributed by atoms with Crippen molar-refractivity contribution in [1.29, 1.82) is 0 Å². The summed E-state index contributed by atoms with van der Waals surface area (Å²) < 4.78 is 8.98. The second-order valence-corrected chi connectivity index (χ2v) is 15.2. The first-order chi connectivity index (χ1) is 26.7. The van der Waals surface area contributed by atoms with Crippen LogP contribution in [0.3, 0.4) is 0 Å². The zero-order valence-electron chi connectivity index (χ0n) is 32.7. The van der Waals surface area contributed by atoms with Gasteiger partial charge in [-0.2, -0.15) is 0 Å². The average molecular weight is 719 g/mol. The zero-order chi connectivity index (χ0) is 38.0. The number of rotatable bonds is 7. The number of para-hydroxylation sites is 3. The number of hydrogen-bond acceptors (Lipinski definition) is 4. The standard InChI is InChI=1S/C50H46N4O/c1-31(2)41-17-8-9-18-42(41)37-25-26-51-49(27-37)54-45-20-11-10-19-43(45)44-24-23-40(29-48(44)54)55-39-16-14-15-38(28-39)52-30-53(47-22-13-12-21-46(47)52)50-35(6)33(4)32(3)34(5)36(50)7/h8-29,31H,30H2,1-7H3. The molecule has 1 aliphatic heterocycles. The summed E-state index contributed by atoms with van der Waals surface area (Å²) in [7, 11) is 0. The first-order valence-corrected chi connectivity index (χ1v) is 19.3. The number of nitrogens with zero attached hydrogens (tertiary/aromatic N) is 4. The summed E-state index contributed by atoms with van der Waals surface area (Å²) in [5.41, 5.74) is 17.5. The van der Waals surface area contributed by atoms with Crippen LogP contribution in [0.2, 0.25) is 0 Å². The molecule has 0 amide bonds. The molecule has 0 unspecified atom stereocenters. The highest BCUT2D eigenvalue weighted by atomic mass is 16.5. The predicted molar refractivity (Wildman–Crippen MR) is 230 cm³/mol. The summed E-state index contributed by atoms with van der Waals surface area (Å²) in [6.45, 7) is 16.5. The Labute approximate surface area is 324 Å². The van der Waals surface area contributed by atoms with Gasteiger partial charge in [0.25, 0.3) is 0 Å². The highest BCUT2D eigenvalue weighted by Gasteiger charge is 2.31. The minimum absolute atomic E-state index is 0.411. The average Bonchev–Trinajstić information content (AvgIpc) is 3.75. The maximum atomic E-state index is 6.72. The van der Waals surface area contributed by atoms with Crippen molar-refractivity contribution in [1.82, 2.24) is 9.55 Å². The Morgan fingerprint density at radius 1 is 0.564 bits per heavy atom. The molecule has 9 rings (SSSR count).